The molecule has 0 aliphatic rings. The molecule has 0 radical (unpaired) electrons. The van der Waals surface area contributed by atoms with E-state index in [4.69, 9.17) is 0 Å². The molecule has 1 N–H and O–H groups in total. The van der Waals surface area contributed by atoms with Crippen molar-refractivity contribution in [3.05, 3.63) is 65.2 Å². The number of aryl methyl sites for hydroxylation is 1. The fraction of sp³-hybridized carbons (Fsp3) is 0.133. The minimum atomic E-state index is -4.54. The summed E-state index contributed by atoms with van der Waals surface area (Å²) in [5, 5.41) is 10.1. The van der Waals surface area contributed by atoms with Crippen molar-refractivity contribution < 1.29 is 23.2 Å². The molecular weight excluding hydrogens is 283 g/mol. The van der Waals surface area contributed by atoms with Crippen molar-refractivity contribution >= 4 is 11.6 Å². The largest absolute Gasteiger partial charge is 0.416 e. The van der Waals surface area contributed by atoms with Gasteiger partial charge in [-0.25, -0.2) is 0 Å². The van der Waals surface area contributed by atoms with Crippen LogP contribution in [0.5, 0.6) is 0 Å². The third-order valence-electron chi connectivity index (χ3n) is 2.99. The van der Waals surface area contributed by atoms with Crippen molar-refractivity contribution in [2.24, 2.45) is 0 Å². The van der Waals surface area contributed by atoms with Crippen LogP contribution >= 0.6 is 0 Å². The summed E-state index contributed by atoms with van der Waals surface area (Å²) >= 11 is 0. The number of carbonyl (C=O) groups excluding carboxylic acids is 1. The first-order valence-corrected chi connectivity index (χ1v) is 6.07. The fourth-order valence-electron chi connectivity index (χ4n) is 1.86. The lowest BCUT2D eigenvalue weighted by Gasteiger charge is -2.17. The molecule has 0 fully saturated rings. The predicted molar refractivity (Wildman–Crippen MR) is 71.2 cm³/mol. The Labute approximate surface area is 119 Å². The Hall–Kier alpha value is -2.34. The van der Waals surface area contributed by atoms with Crippen LogP contribution in [0.3, 0.4) is 0 Å². The molecule has 0 heterocycles. The summed E-state index contributed by atoms with van der Waals surface area (Å²) < 4.78 is 37.9. The van der Waals surface area contributed by atoms with Gasteiger partial charge in [0.1, 0.15) is 0 Å². The Morgan fingerprint density at radius 3 is 2.38 bits per heavy atom. The second kappa shape index (κ2) is 5.57. The van der Waals surface area contributed by atoms with E-state index < -0.39 is 17.6 Å². The quantitative estimate of drug-likeness (QED) is 0.670. The van der Waals surface area contributed by atoms with Gasteiger partial charge in [0, 0.05) is 5.56 Å². The molecule has 0 unspecified atom stereocenters. The third-order valence-corrected chi connectivity index (χ3v) is 2.99. The van der Waals surface area contributed by atoms with Crippen LogP contribution in [0, 0.1) is 6.92 Å². The lowest BCUT2D eigenvalue weighted by atomic mass is 10.1. The molecular formula is C15H12F3NO2. The van der Waals surface area contributed by atoms with Gasteiger partial charge in [0.05, 0.1) is 11.3 Å². The predicted octanol–water partition coefficient (Wildman–Crippen LogP) is 4.05. The Kier molecular flexibility index (Phi) is 3.99. The van der Waals surface area contributed by atoms with Crippen molar-refractivity contribution in [3.8, 4) is 0 Å². The first-order chi connectivity index (χ1) is 9.80. The highest BCUT2D eigenvalue weighted by Crippen LogP contribution is 2.31. The van der Waals surface area contributed by atoms with Crippen LogP contribution in [0.15, 0.2) is 48.5 Å². The minimum Gasteiger partial charge on any atom is -0.281 e. The zero-order chi connectivity index (χ0) is 15.6. The zero-order valence-electron chi connectivity index (χ0n) is 11.1. The summed E-state index contributed by atoms with van der Waals surface area (Å²) in [6.45, 7) is 1.67. The van der Waals surface area contributed by atoms with E-state index in [9.17, 15) is 23.2 Å². The van der Waals surface area contributed by atoms with Crippen LogP contribution in [-0.4, -0.2) is 11.1 Å². The standard InChI is InChI=1S/C15H12F3NO2/c1-10-5-2-3-8-13(10)14(20)19(21)12-7-4-6-11(9-12)15(16,17)18/h2-9,21H,1H3. The van der Waals surface area contributed by atoms with E-state index in [-0.39, 0.29) is 16.3 Å². The average molecular weight is 295 g/mol. The summed E-state index contributed by atoms with van der Waals surface area (Å²) in [6.07, 6.45) is -4.54. The maximum Gasteiger partial charge on any atom is 0.416 e. The maximum absolute atomic E-state index is 12.6. The van der Waals surface area contributed by atoms with Crippen LogP contribution in [0.2, 0.25) is 0 Å². The molecule has 0 aliphatic carbocycles. The molecule has 0 bridgehead atoms. The molecule has 21 heavy (non-hydrogen) atoms. The van der Waals surface area contributed by atoms with Gasteiger partial charge < -0.3 is 0 Å². The van der Waals surface area contributed by atoms with Gasteiger partial charge in [0.15, 0.2) is 0 Å². The first kappa shape index (κ1) is 15.1. The lowest BCUT2D eigenvalue weighted by molar-refractivity contribution is -0.137. The van der Waals surface area contributed by atoms with E-state index in [1.807, 2.05) is 0 Å². The number of rotatable bonds is 2. The fourth-order valence-corrected chi connectivity index (χ4v) is 1.86. The summed E-state index contributed by atoms with van der Waals surface area (Å²) in [7, 11) is 0. The Bertz CT molecular complexity index is 668. The Morgan fingerprint density at radius 2 is 1.76 bits per heavy atom. The minimum absolute atomic E-state index is 0.220. The maximum atomic E-state index is 12.6. The molecule has 2 rings (SSSR count). The number of carbonyl (C=O) groups is 1. The highest BCUT2D eigenvalue weighted by atomic mass is 19.4. The zero-order valence-corrected chi connectivity index (χ0v) is 11.1. The smallest absolute Gasteiger partial charge is 0.281 e. The molecule has 2 aromatic rings. The van der Waals surface area contributed by atoms with Gasteiger partial charge >= 0.3 is 6.18 Å². The van der Waals surface area contributed by atoms with Crippen molar-refractivity contribution in [2.75, 3.05) is 5.06 Å². The van der Waals surface area contributed by atoms with Crippen molar-refractivity contribution in [1.29, 1.82) is 0 Å². The molecule has 0 atom stereocenters. The number of halogens is 3. The normalized spacial score (nSPS) is 11.3. The summed E-state index contributed by atoms with van der Waals surface area (Å²) in [4.78, 5) is 12.1. The number of nitrogens with zero attached hydrogens (tertiary/aromatic N) is 1. The van der Waals surface area contributed by atoms with E-state index >= 15 is 0 Å². The number of hydrogen-bond donors (Lipinski definition) is 1. The molecule has 1 amide bonds. The first-order valence-electron chi connectivity index (χ1n) is 6.07. The topological polar surface area (TPSA) is 40.5 Å². The number of anilines is 1. The number of amides is 1. The van der Waals surface area contributed by atoms with Gasteiger partial charge in [0.25, 0.3) is 5.91 Å². The molecule has 110 valence electrons. The molecule has 0 aromatic heterocycles. The van der Waals surface area contributed by atoms with Crippen LogP contribution < -0.4 is 5.06 Å². The van der Waals surface area contributed by atoms with Crippen molar-refractivity contribution in [3.63, 3.8) is 0 Å². The van der Waals surface area contributed by atoms with E-state index in [1.165, 1.54) is 12.1 Å². The molecule has 0 spiro atoms. The second-order valence-corrected chi connectivity index (χ2v) is 4.48. The number of hydrogen-bond acceptors (Lipinski definition) is 2. The summed E-state index contributed by atoms with van der Waals surface area (Å²) in [6, 6.07) is 10.4. The van der Waals surface area contributed by atoms with Crippen molar-refractivity contribution in [1.82, 2.24) is 0 Å². The molecule has 3 nitrogen and oxygen atoms in total. The van der Waals surface area contributed by atoms with Gasteiger partial charge in [-0.3, -0.25) is 10.0 Å². The number of hydroxylamine groups is 1. The van der Waals surface area contributed by atoms with E-state index in [1.54, 1.807) is 25.1 Å². The van der Waals surface area contributed by atoms with Crippen molar-refractivity contribution in [2.45, 2.75) is 13.1 Å². The number of benzene rings is 2. The Morgan fingerprint density at radius 1 is 1.10 bits per heavy atom. The van der Waals surface area contributed by atoms with E-state index in [0.29, 0.717) is 5.56 Å². The van der Waals surface area contributed by atoms with Crippen LogP contribution in [0.1, 0.15) is 21.5 Å². The summed E-state index contributed by atoms with van der Waals surface area (Å²) in [5.74, 6) is -0.785. The van der Waals surface area contributed by atoms with Gasteiger partial charge in [-0.05, 0) is 36.8 Å². The monoisotopic (exact) mass is 295 g/mol. The van der Waals surface area contributed by atoms with Crippen LogP contribution in [-0.2, 0) is 6.18 Å². The van der Waals surface area contributed by atoms with Gasteiger partial charge in [0.2, 0.25) is 0 Å². The molecule has 0 aliphatic heterocycles. The van der Waals surface area contributed by atoms with Crippen LogP contribution in [0.25, 0.3) is 0 Å². The van der Waals surface area contributed by atoms with Gasteiger partial charge in [-0.2, -0.15) is 18.2 Å². The summed E-state index contributed by atoms with van der Waals surface area (Å²) in [5.41, 5.74) is -0.333. The van der Waals surface area contributed by atoms with E-state index in [2.05, 4.69) is 0 Å². The second-order valence-electron chi connectivity index (χ2n) is 4.48. The Balaban J connectivity index is 2.34. The highest BCUT2D eigenvalue weighted by Gasteiger charge is 2.31. The van der Waals surface area contributed by atoms with Gasteiger partial charge in [-0.15, -0.1) is 0 Å². The molecule has 6 heteroatoms. The highest BCUT2D eigenvalue weighted by molar-refractivity contribution is 6.05. The molecule has 0 saturated carbocycles. The van der Waals surface area contributed by atoms with Gasteiger partial charge in [-0.1, -0.05) is 24.3 Å². The lowest BCUT2D eigenvalue weighted by Crippen LogP contribution is -2.27. The molecule has 2 aromatic carbocycles. The number of alkyl halides is 3. The van der Waals surface area contributed by atoms with E-state index in [0.717, 1.165) is 18.2 Å². The average Bonchev–Trinajstić information content (AvgIpc) is 2.45. The third kappa shape index (κ3) is 3.22. The molecule has 0 saturated heterocycles. The SMILES string of the molecule is Cc1ccccc1C(=O)N(O)c1cccc(C(F)(F)F)c1. The van der Waals surface area contributed by atoms with Crippen LogP contribution in [0.4, 0.5) is 18.9 Å².